The van der Waals surface area contributed by atoms with Crippen LogP contribution in [0.4, 0.5) is 0 Å². The molecule has 1 aromatic carbocycles. The van der Waals surface area contributed by atoms with Crippen LogP contribution >= 0.6 is 0 Å². The summed E-state index contributed by atoms with van der Waals surface area (Å²) >= 11 is 0. The molecule has 0 aromatic heterocycles. The summed E-state index contributed by atoms with van der Waals surface area (Å²) in [4.78, 5) is 22.8. The normalized spacial score (nSPS) is 26.4. The molecule has 8 heteroatoms. The maximum absolute atomic E-state index is 12.9. The van der Waals surface area contributed by atoms with Gasteiger partial charge in [-0.05, 0) is 36.5 Å². The Morgan fingerprint density at radius 1 is 1.32 bits per heavy atom. The number of rotatable bonds is 5. The van der Waals surface area contributed by atoms with Crippen molar-refractivity contribution < 1.29 is 23.1 Å². The fourth-order valence-corrected chi connectivity index (χ4v) is 5.49. The summed E-state index contributed by atoms with van der Waals surface area (Å²) in [6.45, 7) is 2.07. The molecule has 7 nitrogen and oxygen atoms in total. The number of sulfonamides is 1. The van der Waals surface area contributed by atoms with E-state index >= 15 is 0 Å². The molecule has 1 aliphatic carbocycles. The molecule has 136 valence electrons. The molecular weight excluding hydrogens is 344 g/mol. The summed E-state index contributed by atoms with van der Waals surface area (Å²) in [7, 11) is -3.72. The number of carboxylic acids is 1. The van der Waals surface area contributed by atoms with Crippen molar-refractivity contribution in [2.24, 2.45) is 11.3 Å². The first-order chi connectivity index (χ1) is 11.8. The second-order valence-corrected chi connectivity index (χ2v) is 8.84. The fraction of sp³-hybridized carbons (Fsp3) is 0.529. The number of hydrogen-bond acceptors (Lipinski definition) is 4. The minimum Gasteiger partial charge on any atom is -0.481 e. The van der Waals surface area contributed by atoms with Gasteiger partial charge in [0.2, 0.25) is 15.9 Å². The highest BCUT2D eigenvalue weighted by molar-refractivity contribution is 7.89. The fourth-order valence-electron chi connectivity index (χ4n) is 3.93. The van der Waals surface area contributed by atoms with E-state index in [2.05, 4.69) is 5.32 Å². The predicted octanol–water partition coefficient (Wildman–Crippen LogP) is 1.20. The Bertz CT molecular complexity index is 790. The van der Waals surface area contributed by atoms with E-state index in [-0.39, 0.29) is 29.8 Å². The highest BCUT2D eigenvalue weighted by Crippen LogP contribution is 2.50. The highest BCUT2D eigenvalue weighted by atomic mass is 32.2. The summed E-state index contributed by atoms with van der Waals surface area (Å²) < 4.78 is 27.1. The molecule has 1 aromatic rings. The van der Waals surface area contributed by atoms with Crippen LogP contribution in [0, 0.1) is 11.3 Å². The van der Waals surface area contributed by atoms with Crippen molar-refractivity contribution in [2.75, 3.05) is 13.1 Å². The molecule has 1 aliphatic heterocycles. The zero-order valence-electron chi connectivity index (χ0n) is 14.1. The van der Waals surface area contributed by atoms with Gasteiger partial charge in [-0.15, -0.1) is 0 Å². The van der Waals surface area contributed by atoms with Crippen molar-refractivity contribution in [3.8, 4) is 0 Å². The van der Waals surface area contributed by atoms with Gasteiger partial charge in [0.1, 0.15) is 0 Å². The smallest absolute Gasteiger partial charge is 0.311 e. The van der Waals surface area contributed by atoms with Crippen LogP contribution < -0.4 is 5.32 Å². The number of amides is 1. The molecule has 0 spiro atoms. The van der Waals surface area contributed by atoms with Gasteiger partial charge in [0.25, 0.3) is 0 Å². The lowest BCUT2D eigenvalue weighted by molar-refractivity contribution is -0.149. The third kappa shape index (κ3) is 3.16. The molecule has 0 radical (unpaired) electrons. The van der Waals surface area contributed by atoms with Crippen molar-refractivity contribution in [3.63, 3.8) is 0 Å². The Kier molecular flexibility index (Phi) is 4.59. The number of nitrogens with one attached hydrogen (secondary N) is 1. The van der Waals surface area contributed by atoms with Gasteiger partial charge in [0.15, 0.2) is 0 Å². The SMILES string of the molecule is CC(=O)NCc1ccc(S(=O)(=O)N2C[C@@H]3CCC[C@@]3(C(=O)O)C2)cc1. The van der Waals surface area contributed by atoms with E-state index in [0.29, 0.717) is 13.0 Å². The van der Waals surface area contributed by atoms with Gasteiger partial charge in [0, 0.05) is 26.6 Å². The van der Waals surface area contributed by atoms with E-state index < -0.39 is 21.4 Å². The van der Waals surface area contributed by atoms with Crippen LogP contribution in [0.2, 0.25) is 0 Å². The second kappa shape index (κ2) is 6.42. The molecule has 2 N–H and O–H groups in total. The number of nitrogens with zero attached hydrogens (tertiary/aromatic N) is 1. The third-order valence-corrected chi connectivity index (χ3v) is 7.19. The number of aliphatic carboxylic acids is 1. The Balaban J connectivity index is 1.78. The van der Waals surface area contributed by atoms with Gasteiger partial charge >= 0.3 is 5.97 Å². The van der Waals surface area contributed by atoms with E-state index in [1.807, 2.05) is 0 Å². The average molecular weight is 366 g/mol. The monoisotopic (exact) mass is 366 g/mol. The number of carbonyl (C=O) groups excluding carboxylic acids is 1. The van der Waals surface area contributed by atoms with Gasteiger partial charge in [-0.3, -0.25) is 9.59 Å². The lowest BCUT2D eigenvalue weighted by atomic mass is 9.81. The average Bonchev–Trinajstić information content (AvgIpc) is 3.12. The molecule has 0 unspecified atom stereocenters. The summed E-state index contributed by atoms with van der Waals surface area (Å²) in [6, 6.07) is 6.33. The Morgan fingerprint density at radius 3 is 2.56 bits per heavy atom. The van der Waals surface area contributed by atoms with E-state index in [9.17, 15) is 23.1 Å². The molecule has 1 saturated carbocycles. The predicted molar refractivity (Wildman–Crippen MR) is 90.1 cm³/mol. The Labute approximate surface area is 147 Å². The third-order valence-electron chi connectivity index (χ3n) is 5.37. The maximum atomic E-state index is 12.9. The van der Waals surface area contributed by atoms with E-state index in [0.717, 1.165) is 18.4 Å². The molecule has 2 atom stereocenters. The molecule has 1 saturated heterocycles. The molecule has 1 heterocycles. The number of benzene rings is 1. The first-order valence-electron chi connectivity index (χ1n) is 8.33. The molecular formula is C17H22N2O5S. The number of hydrogen-bond donors (Lipinski definition) is 2. The minimum atomic E-state index is -3.72. The minimum absolute atomic E-state index is 0.0446. The van der Waals surface area contributed by atoms with Gasteiger partial charge in [-0.25, -0.2) is 8.42 Å². The Morgan fingerprint density at radius 2 is 2.00 bits per heavy atom. The van der Waals surface area contributed by atoms with Crippen LogP contribution in [0.3, 0.4) is 0 Å². The van der Waals surface area contributed by atoms with Crippen LogP contribution in [-0.2, 0) is 26.2 Å². The zero-order valence-corrected chi connectivity index (χ0v) is 14.9. The summed E-state index contributed by atoms with van der Waals surface area (Å²) in [6.07, 6.45) is 2.13. The highest BCUT2D eigenvalue weighted by Gasteiger charge is 2.57. The van der Waals surface area contributed by atoms with Crippen LogP contribution in [0.1, 0.15) is 31.7 Å². The zero-order chi connectivity index (χ0) is 18.2. The van der Waals surface area contributed by atoms with Crippen molar-refractivity contribution in [3.05, 3.63) is 29.8 Å². The molecule has 1 amide bonds. The topological polar surface area (TPSA) is 104 Å². The molecule has 2 fully saturated rings. The molecule has 2 aliphatic rings. The van der Waals surface area contributed by atoms with Gasteiger partial charge in [-0.2, -0.15) is 4.31 Å². The number of fused-ring (bicyclic) bond motifs is 1. The van der Waals surface area contributed by atoms with Crippen LogP contribution in [0.5, 0.6) is 0 Å². The Hall–Kier alpha value is -1.93. The first kappa shape index (κ1) is 17.9. The maximum Gasteiger partial charge on any atom is 0.311 e. The van der Waals surface area contributed by atoms with Gasteiger partial charge in [0.05, 0.1) is 10.3 Å². The van der Waals surface area contributed by atoms with Crippen molar-refractivity contribution in [1.29, 1.82) is 0 Å². The largest absolute Gasteiger partial charge is 0.481 e. The van der Waals surface area contributed by atoms with Gasteiger partial charge < -0.3 is 10.4 Å². The van der Waals surface area contributed by atoms with Crippen LogP contribution in [0.15, 0.2) is 29.2 Å². The van der Waals surface area contributed by atoms with E-state index in [1.165, 1.54) is 23.4 Å². The standard InChI is InChI=1S/C17H22N2O5S/c1-12(20)18-9-13-4-6-15(7-5-13)25(23,24)19-10-14-3-2-8-17(14,11-19)16(21)22/h4-7,14H,2-3,8-11H2,1H3,(H,18,20)(H,21,22)/t14-,17+/m0/s1. The van der Waals surface area contributed by atoms with Gasteiger partial charge in [-0.1, -0.05) is 18.6 Å². The number of carbonyl (C=O) groups is 2. The molecule has 0 bridgehead atoms. The van der Waals surface area contributed by atoms with Crippen molar-refractivity contribution >= 4 is 21.9 Å². The first-order valence-corrected chi connectivity index (χ1v) is 9.77. The summed E-state index contributed by atoms with van der Waals surface area (Å²) in [5.41, 5.74) is -0.132. The van der Waals surface area contributed by atoms with E-state index in [4.69, 9.17) is 0 Å². The molecule has 25 heavy (non-hydrogen) atoms. The second-order valence-electron chi connectivity index (χ2n) is 6.90. The lowest BCUT2D eigenvalue weighted by Crippen LogP contribution is -2.37. The quantitative estimate of drug-likeness (QED) is 0.815. The van der Waals surface area contributed by atoms with Crippen LogP contribution in [0.25, 0.3) is 0 Å². The van der Waals surface area contributed by atoms with E-state index in [1.54, 1.807) is 12.1 Å². The summed E-state index contributed by atoms with van der Waals surface area (Å²) in [5.74, 6) is -1.16. The molecule has 3 rings (SSSR count). The lowest BCUT2D eigenvalue weighted by Gasteiger charge is -2.23. The number of carboxylic acid groups (broad SMARTS) is 1. The summed E-state index contributed by atoms with van der Waals surface area (Å²) in [5, 5.41) is 12.3. The van der Waals surface area contributed by atoms with Crippen molar-refractivity contribution in [2.45, 2.75) is 37.6 Å². The van der Waals surface area contributed by atoms with Crippen molar-refractivity contribution in [1.82, 2.24) is 9.62 Å². The van der Waals surface area contributed by atoms with Crippen LogP contribution in [-0.4, -0.2) is 42.8 Å².